The lowest BCUT2D eigenvalue weighted by Gasteiger charge is -2.35. The molecular formula is C14H19N3O4. The van der Waals surface area contributed by atoms with E-state index in [1.807, 2.05) is 13.8 Å². The topological polar surface area (TPSA) is 91.8 Å². The van der Waals surface area contributed by atoms with Gasteiger partial charge in [0.2, 0.25) is 0 Å². The van der Waals surface area contributed by atoms with Gasteiger partial charge in [0.15, 0.2) is 0 Å². The third-order valence-electron chi connectivity index (χ3n) is 3.19. The molecule has 2 heterocycles. The Bertz CT molecular complexity index is 525. The number of nitrogens with zero attached hydrogens (tertiary/aromatic N) is 2. The molecule has 1 aromatic rings. The fourth-order valence-electron chi connectivity index (χ4n) is 2.33. The van der Waals surface area contributed by atoms with Gasteiger partial charge in [0, 0.05) is 19.3 Å². The molecule has 2 N–H and O–H groups in total. The average Bonchev–Trinajstić information content (AvgIpc) is 2.44. The highest BCUT2D eigenvalue weighted by Crippen LogP contribution is 2.10. The van der Waals surface area contributed by atoms with Crippen LogP contribution in [0.15, 0.2) is 18.3 Å². The Labute approximate surface area is 122 Å². The number of carboxylic acid groups (broad SMARTS) is 1. The van der Waals surface area contributed by atoms with E-state index >= 15 is 0 Å². The Balaban J connectivity index is 1.92. The van der Waals surface area contributed by atoms with Crippen molar-refractivity contribution in [2.75, 3.05) is 13.1 Å². The van der Waals surface area contributed by atoms with E-state index in [-0.39, 0.29) is 30.3 Å². The Morgan fingerprint density at radius 1 is 1.43 bits per heavy atom. The molecular weight excluding hydrogens is 274 g/mol. The third kappa shape index (κ3) is 4.16. The highest BCUT2D eigenvalue weighted by atomic mass is 16.5. The zero-order chi connectivity index (χ0) is 15.4. The monoisotopic (exact) mass is 293 g/mol. The summed E-state index contributed by atoms with van der Waals surface area (Å²) in [6, 6.07) is 2.67. The first-order valence-electron chi connectivity index (χ1n) is 6.82. The van der Waals surface area contributed by atoms with Crippen molar-refractivity contribution >= 4 is 12.0 Å². The van der Waals surface area contributed by atoms with E-state index in [9.17, 15) is 9.59 Å². The zero-order valence-electron chi connectivity index (χ0n) is 12.1. The van der Waals surface area contributed by atoms with Gasteiger partial charge in [0.1, 0.15) is 0 Å². The number of carboxylic acids is 1. The highest BCUT2D eigenvalue weighted by Gasteiger charge is 2.25. The SMILES string of the molecule is C[C@@H]1CN(C(=O)NCc2cc(C(=O)O)ccn2)C[C@H](C)O1. The minimum absolute atomic E-state index is 0.00737. The molecule has 1 aliphatic rings. The number of aromatic carboxylic acids is 1. The van der Waals surface area contributed by atoms with Crippen LogP contribution in [0.25, 0.3) is 0 Å². The summed E-state index contributed by atoms with van der Waals surface area (Å²) in [5.74, 6) is -1.01. The molecule has 114 valence electrons. The second-order valence-electron chi connectivity index (χ2n) is 5.16. The van der Waals surface area contributed by atoms with E-state index in [0.717, 1.165) is 0 Å². The second kappa shape index (κ2) is 6.53. The van der Waals surface area contributed by atoms with Crippen molar-refractivity contribution in [2.45, 2.75) is 32.6 Å². The first-order chi connectivity index (χ1) is 9.95. The minimum atomic E-state index is -1.01. The number of carbonyl (C=O) groups is 2. The molecule has 0 aromatic carbocycles. The first-order valence-corrected chi connectivity index (χ1v) is 6.82. The van der Waals surface area contributed by atoms with Crippen molar-refractivity contribution in [3.05, 3.63) is 29.6 Å². The molecule has 1 aromatic heterocycles. The molecule has 1 aliphatic heterocycles. The molecule has 7 nitrogen and oxygen atoms in total. The number of morpholine rings is 1. The molecule has 1 saturated heterocycles. The molecule has 0 saturated carbocycles. The fourth-order valence-corrected chi connectivity index (χ4v) is 2.33. The molecule has 2 rings (SSSR count). The molecule has 0 unspecified atom stereocenters. The summed E-state index contributed by atoms with van der Waals surface area (Å²) in [7, 11) is 0. The number of hydrogen-bond acceptors (Lipinski definition) is 4. The third-order valence-corrected chi connectivity index (χ3v) is 3.19. The number of amides is 2. The standard InChI is InChI=1S/C14H19N3O4/c1-9-7-17(8-10(2)21-9)14(20)16-6-12-5-11(13(18)19)3-4-15-12/h3-5,9-10H,6-8H2,1-2H3,(H,16,20)(H,18,19)/t9-,10+. The molecule has 21 heavy (non-hydrogen) atoms. The average molecular weight is 293 g/mol. The van der Waals surface area contributed by atoms with Crippen LogP contribution in [0.4, 0.5) is 4.79 Å². The summed E-state index contributed by atoms with van der Waals surface area (Å²) in [4.78, 5) is 28.7. The van der Waals surface area contributed by atoms with Crippen LogP contribution in [0.1, 0.15) is 29.9 Å². The number of nitrogens with one attached hydrogen (secondary N) is 1. The van der Waals surface area contributed by atoms with Crippen molar-refractivity contribution in [1.29, 1.82) is 0 Å². The largest absolute Gasteiger partial charge is 0.478 e. The molecule has 2 amide bonds. The van der Waals surface area contributed by atoms with Crippen LogP contribution in [-0.4, -0.2) is 52.3 Å². The van der Waals surface area contributed by atoms with Crippen molar-refractivity contribution in [1.82, 2.24) is 15.2 Å². The van der Waals surface area contributed by atoms with E-state index in [0.29, 0.717) is 18.8 Å². The maximum Gasteiger partial charge on any atom is 0.335 e. The normalized spacial score (nSPS) is 21.9. The van der Waals surface area contributed by atoms with E-state index in [2.05, 4.69) is 10.3 Å². The van der Waals surface area contributed by atoms with Crippen molar-refractivity contribution in [3.63, 3.8) is 0 Å². The second-order valence-corrected chi connectivity index (χ2v) is 5.16. The first kappa shape index (κ1) is 15.2. The predicted molar refractivity (Wildman–Crippen MR) is 75.0 cm³/mol. The highest BCUT2D eigenvalue weighted by molar-refractivity contribution is 5.87. The van der Waals surface area contributed by atoms with Gasteiger partial charge in [-0.1, -0.05) is 0 Å². The lowest BCUT2D eigenvalue weighted by atomic mass is 10.2. The predicted octanol–water partition coefficient (Wildman–Crippen LogP) is 1.10. The van der Waals surface area contributed by atoms with Gasteiger partial charge in [-0.15, -0.1) is 0 Å². The summed E-state index contributed by atoms with van der Waals surface area (Å²) < 4.78 is 5.57. The van der Waals surface area contributed by atoms with Crippen LogP contribution >= 0.6 is 0 Å². The Hall–Kier alpha value is -2.15. The number of hydrogen-bond donors (Lipinski definition) is 2. The van der Waals surface area contributed by atoms with E-state index in [1.54, 1.807) is 4.90 Å². The molecule has 0 radical (unpaired) electrons. The number of pyridine rings is 1. The van der Waals surface area contributed by atoms with Gasteiger partial charge in [-0.25, -0.2) is 9.59 Å². The molecule has 2 atom stereocenters. The molecule has 0 spiro atoms. The summed E-state index contributed by atoms with van der Waals surface area (Å²) >= 11 is 0. The minimum Gasteiger partial charge on any atom is -0.478 e. The number of ether oxygens (including phenoxy) is 1. The van der Waals surface area contributed by atoms with Crippen LogP contribution in [0.2, 0.25) is 0 Å². The van der Waals surface area contributed by atoms with E-state index in [4.69, 9.17) is 9.84 Å². The maximum atomic E-state index is 12.1. The summed E-state index contributed by atoms with van der Waals surface area (Å²) in [5.41, 5.74) is 0.667. The van der Waals surface area contributed by atoms with Gasteiger partial charge in [0.25, 0.3) is 0 Å². The van der Waals surface area contributed by atoms with Crippen LogP contribution in [0.5, 0.6) is 0 Å². The van der Waals surface area contributed by atoms with Crippen molar-refractivity contribution in [3.8, 4) is 0 Å². The van der Waals surface area contributed by atoms with Crippen LogP contribution in [0, 0.1) is 0 Å². The summed E-state index contributed by atoms with van der Waals surface area (Å²) in [6.45, 7) is 5.12. The zero-order valence-corrected chi connectivity index (χ0v) is 12.1. The van der Waals surface area contributed by atoms with Crippen molar-refractivity contribution < 1.29 is 19.4 Å². The van der Waals surface area contributed by atoms with E-state index in [1.165, 1.54) is 18.3 Å². The Kier molecular flexibility index (Phi) is 4.74. The molecule has 0 aliphatic carbocycles. The number of rotatable bonds is 3. The smallest absolute Gasteiger partial charge is 0.335 e. The van der Waals surface area contributed by atoms with Gasteiger partial charge in [-0.3, -0.25) is 4.98 Å². The van der Waals surface area contributed by atoms with Crippen LogP contribution in [0.3, 0.4) is 0 Å². The Morgan fingerprint density at radius 3 is 2.71 bits per heavy atom. The molecule has 0 bridgehead atoms. The maximum absolute atomic E-state index is 12.1. The number of aromatic nitrogens is 1. The molecule has 7 heteroatoms. The summed E-state index contributed by atoms with van der Waals surface area (Å²) in [5, 5.41) is 11.7. The van der Waals surface area contributed by atoms with Crippen molar-refractivity contribution in [2.24, 2.45) is 0 Å². The lowest BCUT2D eigenvalue weighted by molar-refractivity contribution is -0.0545. The number of urea groups is 1. The lowest BCUT2D eigenvalue weighted by Crippen LogP contribution is -2.51. The summed E-state index contributed by atoms with van der Waals surface area (Å²) in [6.07, 6.45) is 1.44. The van der Waals surface area contributed by atoms with Crippen LogP contribution < -0.4 is 5.32 Å². The van der Waals surface area contributed by atoms with Gasteiger partial charge in [-0.2, -0.15) is 0 Å². The van der Waals surface area contributed by atoms with Gasteiger partial charge >= 0.3 is 12.0 Å². The Morgan fingerprint density at radius 2 is 2.10 bits per heavy atom. The van der Waals surface area contributed by atoms with Gasteiger partial charge in [-0.05, 0) is 26.0 Å². The molecule has 1 fully saturated rings. The van der Waals surface area contributed by atoms with Gasteiger partial charge in [0.05, 0.1) is 30.0 Å². The van der Waals surface area contributed by atoms with Gasteiger partial charge < -0.3 is 20.1 Å². The van der Waals surface area contributed by atoms with Crippen LogP contribution in [-0.2, 0) is 11.3 Å². The number of carbonyl (C=O) groups excluding carboxylic acids is 1. The fraction of sp³-hybridized carbons (Fsp3) is 0.500. The van der Waals surface area contributed by atoms with E-state index < -0.39 is 5.97 Å². The quantitative estimate of drug-likeness (QED) is 0.870.